The molecule has 0 aromatic heterocycles. The molecule has 0 heterocycles. The molecule has 0 bridgehead atoms. The van der Waals surface area contributed by atoms with E-state index in [1.807, 2.05) is 6.92 Å². The zero-order chi connectivity index (χ0) is 13.7. The minimum Gasteiger partial charge on any atom is -0.469 e. The number of ether oxygens (including phenoxy) is 2. The summed E-state index contributed by atoms with van der Waals surface area (Å²) in [5.41, 5.74) is 0. The van der Waals surface area contributed by atoms with Crippen LogP contribution >= 0.6 is 0 Å². The van der Waals surface area contributed by atoms with Crippen LogP contribution in [0.25, 0.3) is 0 Å². The average molecular weight is 246 g/mol. The van der Waals surface area contributed by atoms with Gasteiger partial charge in [0, 0.05) is 19.6 Å². The molecule has 0 rings (SSSR count). The van der Waals surface area contributed by atoms with Gasteiger partial charge in [-0.2, -0.15) is 0 Å². The molecule has 0 aromatic carbocycles. The van der Waals surface area contributed by atoms with E-state index in [9.17, 15) is 4.79 Å². The van der Waals surface area contributed by atoms with Crippen LogP contribution in [0.2, 0.25) is 0 Å². The van der Waals surface area contributed by atoms with Gasteiger partial charge in [-0.25, -0.2) is 0 Å². The van der Waals surface area contributed by atoms with Crippen LogP contribution in [0.1, 0.15) is 53.9 Å². The quantitative estimate of drug-likeness (QED) is 0.643. The Morgan fingerprint density at radius 1 is 1.06 bits per heavy atom. The molecule has 3 heteroatoms. The van der Waals surface area contributed by atoms with Crippen molar-refractivity contribution in [2.45, 2.75) is 53.9 Å². The fourth-order valence-corrected chi connectivity index (χ4v) is 0.963. The monoisotopic (exact) mass is 246 g/mol. The van der Waals surface area contributed by atoms with E-state index in [0.29, 0.717) is 18.3 Å². The number of esters is 1. The highest BCUT2D eigenvalue weighted by Crippen LogP contribution is 1.96. The largest absolute Gasteiger partial charge is 0.469 e. The van der Waals surface area contributed by atoms with E-state index in [1.165, 1.54) is 7.11 Å². The van der Waals surface area contributed by atoms with Crippen molar-refractivity contribution in [2.24, 2.45) is 11.8 Å². The molecule has 0 aliphatic carbocycles. The number of carbonyl (C=O) groups is 1. The standard InChI is InChI=1S/C8H18O.C6H12O2/c1-7(2)5-9-6-8(3)4;1-3-4-5-6(7)8-2/h7-8H,5-6H2,1-4H3;3-5H2,1-2H3. The van der Waals surface area contributed by atoms with Crippen molar-refractivity contribution in [3.8, 4) is 0 Å². The van der Waals surface area contributed by atoms with E-state index in [4.69, 9.17) is 4.74 Å². The Bertz CT molecular complexity index is 157. The van der Waals surface area contributed by atoms with Gasteiger partial charge in [-0.1, -0.05) is 41.0 Å². The minimum atomic E-state index is -0.105. The number of rotatable bonds is 7. The molecular formula is C14H30O3. The van der Waals surface area contributed by atoms with Crippen molar-refractivity contribution in [3.05, 3.63) is 0 Å². The molecule has 0 aliphatic heterocycles. The SMILES string of the molecule is CC(C)COCC(C)C.CCCCC(=O)OC. The molecule has 0 radical (unpaired) electrons. The molecule has 3 nitrogen and oxygen atoms in total. The van der Waals surface area contributed by atoms with Gasteiger partial charge in [-0.3, -0.25) is 4.79 Å². The Morgan fingerprint density at radius 3 is 1.82 bits per heavy atom. The van der Waals surface area contributed by atoms with Crippen LogP contribution in [-0.4, -0.2) is 26.3 Å². The van der Waals surface area contributed by atoms with Gasteiger partial charge in [0.2, 0.25) is 0 Å². The first-order chi connectivity index (χ1) is 7.93. The Balaban J connectivity index is 0. The van der Waals surface area contributed by atoms with Crippen LogP contribution in [0.3, 0.4) is 0 Å². The smallest absolute Gasteiger partial charge is 0.305 e. The normalized spacial score (nSPS) is 10.1. The second-order valence-corrected chi connectivity index (χ2v) is 5.00. The van der Waals surface area contributed by atoms with E-state index in [-0.39, 0.29) is 5.97 Å². The fraction of sp³-hybridized carbons (Fsp3) is 0.929. The lowest BCUT2D eigenvalue weighted by Crippen LogP contribution is -2.06. The van der Waals surface area contributed by atoms with Crippen LogP contribution < -0.4 is 0 Å². The van der Waals surface area contributed by atoms with Crippen molar-refractivity contribution in [1.29, 1.82) is 0 Å². The van der Waals surface area contributed by atoms with E-state index >= 15 is 0 Å². The van der Waals surface area contributed by atoms with Gasteiger partial charge >= 0.3 is 5.97 Å². The molecule has 0 saturated carbocycles. The molecule has 0 aromatic rings. The zero-order valence-electron chi connectivity index (χ0n) is 12.4. The van der Waals surface area contributed by atoms with Crippen molar-refractivity contribution in [1.82, 2.24) is 0 Å². The Hall–Kier alpha value is -0.570. The maximum absolute atomic E-state index is 10.3. The second-order valence-electron chi connectivity index (χ2n) is 5.00. The van der Waals surface area contributed by atoms with Crippen molar-refractivity contribution < 1.29 is 14.3 Å². The predicted molar refractivity (Wildman–Crippen MR) is 72.0 cm³/mol. The lowest BCUT2D eigenvalue weighted by molar-refractivity contribution is -0.140. The minimum absolute atomic E-state index is 0.105. The van der Waals surface area contributed by atoms with Crippen molar-refractivity contribution in [2.75, 3.05) is 20.3 Å². The summed E-state index contributed by atoms with van der Waals surface area (Å²) in [4.78, 5) is 10.3. The van der Waals surface area contributed by atoms with Gasteiger partial charge < -0.3 is 9.47 Å². The summed E-state index contributed by atoms with van der Waals surface area (Å²) in [6, 6.07) is 0. The van der Waals surface area contributed by atoms with Gasteiger partial charge in [0.1, 0.15) is 0 Å². The summed E-state index contributed by atoms with van der Waals surface area (Å²) in [6.45, 7) is 12.5. The third kappa shape index (κ3) is 21.3. The average Bonchev–Trinajstić information content (AvgIpc) is 2.25. The molecule has 17 heavy (non-hydrogen) atoms. The van der Waals surface area contributed by atoms with Crippen LogP contribution in [0, 0.1) is 11.8 Å². The Morgan fingerprint density at radius 2 is 1.53 bits per heavy atom. The molecule has 0 aliphatic rings. The van der Waals surface area contributed by atoms with Gasteiger partial charge in [0.05, 0.1) is 7.11 Å². The number of hydrogen-bond acceptors (Lipinski definition) is 3. The number of methoxy groups -OCH3 is 1. The summed E-state index contributed by atoms with van der Waals surface area (Å²) < 4.78 is 9.77. The second kappa shape index (κ2) is 13.5. The summed E-state index contributed by atoms with van der Waals surface area (Å²) in [6.07, 6.45) is 2.55. The number of unbranched alkanes of at least 4 members (excludes halogenated alkanes) is 1. The van der Waals surface area contributed by atoms with E-state index < -0.39 is 0 Å². The lowest BCUT2D eigenvalue weighted by atomic mass is 10.2. The highest BCUT2D eigenvalue weighted by molar-refractivity contribution is 5.68. The summed E-state index contributed by atoms with van der Waals surface area (Å²) in [7, 11) is 1.41. The van der Waals surface area contributed by atoms with Gasteiger partial charge in [0.15, 0.2) is 0 Å². The third-order valence-electron chi connectivity index (χ3n) is 1.86. The lowest BCUT2D eigenvalue weighted by Gasteiger charge is -2.07. The molecule has 0 N–H and O–H groups in total. The van der Waals surface area contributed by atoms with Crippen molar-refractivity contribution >= 4 is 5.97 Å². The number of carbonyl (C=O) groups excluding carboxylic acids is 1. The first kappa shape index (κ1) is 18.8. The molecule has 0 fully saturated rings. The van der Waals surface area contributed by atoms with Gasteiger partial charge in [0.25, 0.3) is 0 Å². The van der Waals surface area contributed by atoms with Gasteiger partial charge in [-0.15, -0.1) is 0 Å². The first-order valence-corrected chi connectivity index (χ1v) is 6.58. The third-order valence-corrected chi connectivity index (χ3v) is 1.86. The summed E-state index contributed by atoms with van der Waals surface area (Å²) >= 11 is 0. The van der Waals surface area contributed by atoms with Crippen LogP contribution in [0.4, 0.5) is 0 Å². The maximum Gasteiger partial charge on any atom is 0.305 e. The topological polar surface area (TPSA) is 35.5 Å². The summed E-state index contributed by atoms with van der Waals surface area (Å²) in [5, 5.41) is 0. The van der Waals surface area contributed by atoms with Gasteiger partial charge in [-0.05, 0) is 18.3 Å². The summed E-state index contributed by atoms with van der Waals surface area (Å²) in [5.74, 6) is 1.24. The highest BCUT2D eigenvalue weighted by atomic mass is 16.5. The first-order valence-electron chi connectivity index (χ1n) is 6.58. The van der Waals surface area contributed by atoms with Crippen LogP contribution in [0.5, 0.6) is 0 Å². The fourth-order valence-electron chi connectivity index (χ4n) is 0.963. The predicted octanol–water partition coefficient (Wildman–Crippen LogP) is 3.66. The van der Waals surface area contributed by atoms with E-state index in [0.717, 1.165) is 26.1 Å². The molecule has 0 unspecified atom stereocenters. The Labute approximate surface area is 107 Å². The molecule has 0 atom stereocenters. The van der Waals surface area contributed by atoms with E-state index in [1.54, 1.807) is 0 Å². The molecular weight excluding hydrogens is 216 g/mol. The number of hydrogen-bond donors (Lipinski definition) is 0. The van der Waals surface area contributed by atoms with Crippen LogP contribution in [-0.2, 0) is 14.3 Å². The van der Waals surface area contributed by atoms with Crippen LogP contribution in [0.15, 0.2) is 0 Å². The maximum atomic E-state index is 10.3. The molecule has 0 amide bonds. The zero-order valence-corrected chi connectivity index (χ0v) is 12.4. The Kier molecular flexibility index (Phi) is 14.9. The van der Waals surface area contributed by atoms with Crippen molar-refractivity contribution in [3.63, 3.8) is 0 Å². The molecule has 104 valence electrons. The molecule has 0 spiro atoms. The highest BCUT2D eigenvalue weighted by Gasteiger charge is 1.95. The van der Waals surface area contributed by atoms with E-state index in [2.05, 4.69) is 32.4 Å². The molecule has 0 saturated heterocycles.